The van der Waals surface area contributed by atoms with Crippen LogP contribution in [0.1, 0.15) is 41.1 Å². The predicted molar refractivity (Wildman–Crippen MR) is 88.5 cm³/mol. The fraction of sp³-hybridized carbons (Fsp3) is 0.571. The van der Waals surface area contributed by atoms with Gasteiger partial charge in [-0.1, -0.05) is 39.3 Å². The summed E-state index contributed by atoms with van der Waals surface area (Å²) in [6.45, 7) is 8.71. The van der Waals surface area contributed by atoms with Crippen LogP contribution in [0.4, 0.5) is 0 Å². The van der Waals surface area contributed by atoms with Crippen molar-refractivity contribution in [2.24, 2.45) is 5.73 Å². The Labute approximate surface area is 124 Å². The molecule has 1 rings (SSSR count). The molecule has 0 saturated carbocycles. The third-order valence-electron chi connectivity index (χ3n) is 2.11. The van der Waals surface area contributed by atoms with Gasteiger partial charge in [0.2, 0.25) is 0 Å². The van der Waals surface area contributed by atoms with Crippen LogP contribution >= 0.6 is 24.0 Å². The molecule has 1 aromatic rings. The topological polar surface area (TPSA) is 35.2 Å². The predicted octanol–water partition coefficient (Wildman–Crippen LogP) is 4.26. The lowest BCUT2D eigenvalue weighted by Crippen LogP contribution is -2.22. The average molecular weight is 353 g/mol. The molecule has 2 N–H and O–H groups in total. The highest BCUT2D eigenvalue weighted by molar-refractivity contribution is 14.0. The van der Waals surface area contributed by atoms with Crippen LogP contribution in [-0.4, -0.2) is 12.6 Å². The summed E-state index contributed by atoms with van der Waals surface area (Å²) in [5.41, 5.74) is 6.82. The first kappa shape index (κ1) is 19.1. The number of hydrogen-bond acceptors (Lipinski definition) is 2. The highest BCUT2D eigenvalue weighted by Gasteiger charge is 2.01. The normalized spacial score (nSPS) is 10.6. The van der Waals surface area contributed by atoms with Gasteiger partial charge in [0.15, 0.2) is 0 Å². The summed E-state index contributed by atoms with van der Waals surface area (Å²) < 4.78 is 5.63. The Bertz CT molecular complexity index is 284. The lowest BCUT2D eigenvalue weighted by molar-refractivity contribution is 0.229. The zero-order chi connectivity index (χ0) is 12.4. The molecule has 0 aliphatic rings. The molecule has 0 spiro atoms. The molecule has 0 aromatic heterocycles. The van der Waals surface area contributed by atoms with Gasteiger partial charge in [0.05, 0.1) is 0 Å². The minimum atomic E-state index is 0. The summed E-state index contributed by atoms with van der Waals surface area (Å²) in [5, 5.41) is 0. The van der Waals surface area contributed by atoms with Crippen molar-refractivity contribution in [3.63, 3.8) is 0 Å². The molecular weight excluding hydrogens is 325 g/mol. The van der Waals surface area contributed by atoms with Crippen molar-refractivity contribution in [3.05, 3.63) is 29.8 Å². The molecule has 3 heteroatoms. The van der Waals surface area contributed by atoms with Gasteiger partial charge < -0.3 is 10.5 Å². The monoisotopic (exact) mass is 353 g/mol. The SMILES string of the molecule is CC.CCCc1cccc(O[C@H](C)CN)c1.I.[HH]. The first-order valence-electron chi connectivity index (χ1n) is 6.22. The molecular formula is C14H28INO. The maximum absolute atomic E-state index is 5.63. The maximum Gasteiger partial charge on any atom is 0.120 e. The standard InChI is InChI=1S/C12H19NO.C2H6.HI.H2/c1-3-5-11-6-4-7-12(8-11)14-10(2)9-13;1-2;;/h4,6-8,10H,3,5,9,13H2,1-2H3;1-2H3;2*1H/t10-;;;/m1.../s1. The van der Waals surface area contributed by atoms with E-state index in [0.717, 1.165) is 18.6 Å². The molecule has 1 atom stereocenters. The van der Waals surface area contributed by atoms with Crippen molar-refractivity contribution in [2.75, 3.05) is 6.54 Å². The van der Waals surface area contributed by atoms with E-state index in [-0.39, 0.29) is 31.5 Å². The largest absolute Gasteiger partial charge is 0.489 e. The Morgan fingerprint density at radius 2 is 2.00 bits per heavy atom. The van der Waals surface area contributed by atoms with Gasteiger partial charge in [-0.2, -0.15) is 0 Å². The number of aryl methyl sites for hydroxylation is 1. The smallest absolute Gasteiger partial charge is 0.120 e. The van der Waals surface area contributed by atoms with Gasteiger partial charge in [-0.25, -0.2) is 0 Å². The van der Waals surface area contributed by atoms with E-state index in [1.54, 1.807) is 0 Å². The lowest BCUT2D eigenvalue weighted by atomic mass is 10.1. The Morgan fingerprint density at radius 3 is 2.53 bits per heavy atom. The zero-order valence-electron chi connectivity index (χ0n) is 11.4. The second kappa shape index (κ2) is 12.2. The highest BCUT2D eigenvalue weighted by Crippen LogP contribution is 2.15. The van der Waals surface area contributed by atoms with Gasteiger partial charge >= 0.3 is 0 Å². The third kappa shape index (κ3) is 8.44. The number of benzene rings is 1. The van der Waals surface area contributed by atoms with Crippen LogP contribution in [0.5, 0.6) is 5.75 Å². The molecule has 0 aliphatic heterocycles. The van der Waals surface area contributed by atoms with Crippen LogP contribution in [0.25, 0.3) is 0 Å². The second-order valence-corrected chi connectivity index (χ2v) is 3.56. The molecule has 0 aliphatic carbocycles. The molecule has 0 bridgehead atoms. The van der Waals surface area contributed by atoms with Crippen molar-refractivity contribution in [3.8, 4) is 5.75 Å². The molecule has 0 saturated heterocycles. The van der Waals surface area contributed by atoms with Gasteiger partial charge in [-0.3, -0.25) is 0 Å². The first-order valence-corrected chi connectivity index (χ1v) is 6.22. The Balaban J connectivity index is -0.000000534. The summed E-state index contributed by atoms with van der Waals surface area (Å²) >= 11 is 0. The van der Waals surface area contributed by atoms with Crippen molar-refractivity contribution >= 4 is 24.0 Å². The Morgan fingerprint density at radius 1 is 1.35 bits per heavy atom. The molecule has 0 heterocycles. The lowest BCUT2D eigenvalue weighted by Gasteiger charge is -2.13. The van der Waals surface area contributed by atoms with Gasteiger partial charge in [-0.15, -0.1) is 24.0 Å². The number of rotatable bonds is 5. The highest BCUT2D eigenvalue weighted by atomic mass is 127. The Hall–Kier alpha value is -0.290. The zero-order valence-corrected chi connectivity index (χ0v) is 13.7. The van der Waals surface area contributed by atoms with Crippen LogP contribution in [0.3, 0.4) is 0 Å². The quantitative estimate of drug-likeness (QED) is 0.803. The van der Waals surface area contributed by atoms with Crippen molar-refractivity contribution in [2.45, 2.75) is 46.6 Å². The fourth-order valence-electron chi connectivity index (χ4n) is 1.34. The van der Waals surface area contributed by atoms with E-state index >= 15 is 0 Å². The molecule has 0 amide bonds. The van der Waals surface area contributed by atoms with E-state index in [4.69, 9.17) is 10.5 Å². The van der Waals surface area contributed by atoms with E-state index in [1.165, 1.54) is 5.56 Å². The molecule has 1 aromatic carbocycles. The van der Waals surface area contributed by atoms with E-state index in [1.807, 2.05) is 32.9 Å². The van der Waals surface area contributed by atoms with E-state index in [2.05, 4.69) is 19.1 Å². The summed E-state index contributed by atoms with van der Waals surface area (Å²) in [4.78, 5) is 0. The van der Waals surface area contributed by atoms with Gasteiger partial charge in [0.25, 0.3) is 0 Å². The number of hydrogen-bond donors (Lipinski definition) is 1. The van der Waals surface area contributed by atoms with Gasteiger partial charge in [-0.05, 0) is 31.0 Å². The summed E-state index contributed by atoms with van der Waals surface area (Å²) in [5.74, 6) is 0.925. The van der Waals surface area contributed by atoms with Crippen molar-refractivity contribution in [1.29, 1.82) is 0 Å². The van der Waals surface area contributed by atoms with Crippen LogP contribution in [0, 0.1) is 0 Å². The van der Waals surface area contributed by atoms with E-state index < -0.39 is 0 Å². The molecule has 102 valence electrons. The van der Waals surface area contributed by atoms with Crippen molar-refractivity contribution in [1.82, 2.24) is 0 Å². The van der Waals surface area contributed by atoms with Gasteiger partial charge in [0.1, 0.15) is 11.9 Å². The molecule has 17 heavy (non-hydrogen) atoms. The fourth-order valence-corrected chi connectivity index (χ4v) is 1.34. The van der Waals surface area contributed by atoms with E-state index in [9.17, 15) is 0 Å². The van der Waals surface area contributed by atoms with E-state index in [0.29, 0.717) is 6.54 Å². The molecule has 2 nitrogen and oxygen atoms in total. The van der Waals surface area contributed by atoms with Crippen LogP contribution in [0.2, 0.25) is 0 Å². The minimum Gasteiger partial charge on any atom is -0.489 e. The van der Waals surface area contributed by atoms with Crippen LogP contribution < -0.4 is 10.5 Å². The Kier molecular flexibility index (Phi) is 13.6. The third-order valence-corrected chi connectivity index (χ3v) is 2.11. The minimum absolute atomic E-state index is 0. The number of ether oxygens (including phenoxy) is 1. The summed E-state index contributed by atoms with van der Waals surface area (Å²) in [6, 6.07) is 8.23. The summed E-state index contributed by atoms with van der Waals surface area (Å²) in [6.07, 6.45) is 2.36. The van der Waals surface area contributed by atoms with Crippen molar-refractivity contribution < 1.29 is 6.16 Å². The molecule has 0 fully saturated rings. The first-order chi connectivity index (χ1) is 7.76. The maximum atomic E-state index is 5.63. The summed E-state index contributed by atoms with van der Waals surface area (Å²) in [7, 11) is 0. The van der Waals surface area contributed by atoms with Crippen LogP contribution in [0.15, 0.2) is 24.3 Å². The van der Waals surface area contributed by atoms with Crippen LogP contribution in [-0.2, 0) is 6.42 Å². The molecule has 0 unspecified atom stereocenters. The number of nitrogens with two attached hydrogens (primary N) is 1. The second-order valence-electron chi connectivity index (χ2n) is 3.56. The molecule has 0 radical (unpaired) electrons. The van der Waals surface area contributed by atoms with Gasteiger partial charge in [0, 0.05) is 7.97 Å². The number of halogens is 1. The average Bonchev–Trinajstić information content (AvgIpc) is 2.32.